The molecular formula is C78H50B2N4S2Se. The summed E-state index contributed by atoms with van der Waals surface area (Å²) in [6, 6.07) is 113. The van der Waals surface area contributed by atoms with Crippen molar-refractivity contribution in [3.05, 3.63) is 303 Å². The third kappa shape index (κ3) is 8.01. The van der Waals surface area contributed by atoms with Gasteiger partial charge in [-0.2, -0.15) is 0 Å². The van der Waals surface area contributed by atoms with Crippen molar-refractivity contribution in [2.75, 3.05) is 19.6 Å². The standard InChI is InChI=1S/C78H50B2N4S2Se/c1-7-26-51(27-8-1)81(52-28-9-2-10-29-52)57-46-68-74-71(48-57)86-77-64(79(74)62-41-20-22-43-66(62)83(68)55-34-15-5-16-35-55)50-65-78(73(77)61-40-25-39-60-59-38-19-24-45-70(59)85-76(60)61)87-72-49-58(82(53-30-11-3-12-31-53)54-32-13-4-14-33-54)47-69-75(72)80(65)63-42-21-23-44-67(63)84(69)56-36-17-6-18-37-56/h1-50H. The van der Waals surface area contributed by atoms with E-state index < -0.39 is 0 Å². The molecule has 4 aliphatic heterocycles. The van der Waals surface area contributed by atoms with Gasteiger partial charge in [-0.25, -0.2) is 0 Å². The minimum atomic E-state index is -0.178. The van der Waals surface area contributed by atoms with Crippen LogP contribution in [0.2, 0.25) is 0 Å². The van der Waals surface area contributed by atoms with Gasteiger partial charge < -0.3 is 0 Å². The van der Waals surface area contributed by atoms with E-state index in [1.54, 1.807) is 0 Å². The Morgan fingerprint density at radius 2 is 0.805 bits per heavy atom. The van der Waals surface area contributed by atoms with Crippen LogP contribution in [0.4, 0.5) is 68.2 Å². The van der Waals surface area contributed by atoms with Gasteiger partial charge in [0, 0.05) is 0 Å². The van der Waals surface area contributed by atoms with E-state index >= 15 is 0 Å². The third-order valence-corrected chi connectivity index (χ3v) is 22.8. The van der Waals surface area contributed by atoms with E-state index in [1.165, 1.54) is 106 Å². The molecule has 0 atom stereocenters. The first-order valence-electron chi connectivity index (χ1n) is 29.7. The van der Waals surface area contributed by atoms with Crippen molar-refractivity contribution in [1.82, 2.24) is 0 Å². The molecule has 0 radical (unpaired) electrons. The molecule has 14 aromatic rings. The van der Waals surface area contributed by atoms with Gasteiger partial charge in [-0.1, -0.05) is 0 Å². The minimum absolute atomic E-state index is 0.0587. The van der Waals surface area contributed by atoms with E-state index in [-0.39, 0.29) is 28.4 Å². The summed E-state index contributed by atoms with van der Waals surface area (Å²) in [6.07, 6.45) is 0. The Kier molecular flexibility index (Phi) is 11.9. The maximum absolute atomic E-state index is 2.72. The average molecular weight is 1210 g/mol. The second-order valence-electron chi connectivity index (χ2n) is 22.7. The zero-order valence-electron chi connectivity index (χ0n) is 47.0. The fourth-order valence-electron chi connectivity index (χ4n) is 14.3. The van der Waals surface area contributed by atoms with Gasteiger partial charge in [-0.05, 0) is 0 Å². The number of rotatable bonds is 9. The molecule has 18 rings (SSSR count). The summed E-state index contributed by atoms with van der Waals surface area (Å²) in [4.78, 5) is 12.6. The summed E-state index contributed by atoms with van der Waals surface area (Å²) < 4.78 is 5.50. The Bertz CT molecular complexity index is 4700. The van der Waals surface area contributed by atoms with Crippen LogP contribution in [0.1, 0.15) is 0 Å². The van der Waals surface area contributed by atoms with E-state index in [2.05, 4.69) is 323 Å². The van der Waals surface area contributed by atoms with Crippen LogP contribution in [-0.2, 0) is 0 Å². The first-order valence-corrected chi connectivity index (χ1v) is 33.1. The van der Waals surface area contributed by atoms with Gasteiger partial charge in [0.15, 0.2) is 0 Å². The second-order valence-corrected chi connectivity index (χ2v) is 27.0. The average Bonchev–Trinajstić information content (AvgIpc) is 0.896. The van der Waals surface area contributed by atoms with Gasteiger partial charge in [0.05, 0.1) is 0 Å². The van der Waals surface area contributed by atoms with E-state index in [4.69, 9.17) is 0 Å². The molecule has 0 aliphatic carbocycles. The van der Waals surface area contributed by atoms with Crippen molar-refractivity contribution < 1.29 is 0 Å². The molecule has 13 aromatic carbocycles. The number of para-hydroxylation sites is 8. The molecule has 406 valence electrons. The molecule has 0 saturated heterocycles. The molecule has 0 amide bonds. The molecule has 0 N–H and O–H groups in total. The zero-order chi connectivity index (χ0) is 57.1. The fraction of sp³-hybridized carbons (Fsp3) is 0. The molecular weight excluding hydrogens is 1160 g/mol. The molecule has 0 fully saturated rings. The monoisotopic (exact) mass is 1210 g/mol. The molecule has 1 aromatic heterocycles. The van der Waals surface area contributed by atoms with Crippen molar-refractivity contribution in [2.45, 2.75) is 9.79 Å². The van der Waals surface area contributed by atoms with E-state index in [0.29, 0.717) is 0 Å². The summed E-state index contributed by atoms with van der Waals surface area (Å²) in [5.41, 5.74) is 24.7. The first-order chi connectivity index (χ1) is 43.2. The maximum atomic E-state index is 2.72. The van der Waals surface area contributed by atoms with E-state index in [1.807, 2.05) is 23.1 Å². The molecule has 4 aliphatic rings. The van der Waals surface area contributed by atoms with Crippen LogP contribution in [0.5, 0.6) is 0 Å². The van der Waals surface area contributed by atoms with Crippen LogP contribution in [0, 0.1) is 0 Å². The van der Waals surface area contributed by atoms with Crippen LogP contribution >= 0.6 is 23.1 Å². The quantitative estimate of drug-likeness (QED) is 0.133. The van der Waals surface area contributed by atoms with E-state index in [9.17, 15) is 0 Å². The van der Waals surface area contributed by atoms with Crippen LogP contribution < -0.4 is 61.3 Å². The number of thiophene rings is 1. The van der Waals surface area contributed by atoms with E-state index in [0.717, 1.165) is 45.5 Å². The molecule has 5 heterocycles. The van der Waals surface area contributed by atoms with Gasteiger partial charge in [0.2, 0.25) is 0 Å². The molecule has 0 saturated carbocycles. The third-order valence-electron chi connectivity index (χ3n) is 17.9. The molecule has 4 nitrogen and oxygen atoms in total. The Morgan fingerprint density at radius 3 is 1.37 bits per heavy atom. The topological polar surface area (TPSA) is 13.0 Å². The summed E-state index contributed by atoms with van der Waals surface area (Å²) in [5, 5.41) is 2.62. The normalized spacial score (nSPS) is 13.1. The van der Waals surface area contributed by atoms with Crippen molar-refractivity contribution in [3.63, 3.8) is 0 Å². The predicted octanol–water partition coefficient (Wildman–Crippen LogP) is 15.7. The number of fused-ring (bicyclic) bond motifs is 11. The Balaban J connectivity index is 0.960. The predicted molar refractivity (Wildman–Crippen MR) is 375 cm³/mol. The molecule has 0 unspecified atom stereocenters. The zero-order valence-corrected chi connectivity index (χ0v) is 50.4. The number of anilines is 12. The van der Waals surface area contributed by atoms with Crippen molar-refractivity contribution >= 4 is 182 Å². The number of hydrogen-bond donors (Lipinski definition) is 0. The number of nitrogens with zero attached hydrogens (tertiary/aromatic N) is 4. The first kappa shape index (κ1) is 50.6. The number of benzene rings is 13. The van der Waals surface area contributed by atoms with Gasteiger partial charge in [-0.3, -0.25) is 0 Å². The van der Waals surface area contributed by atoms with Crippen molar-refractivity contribution in [1.29, 1.82) is 0 Å². The SMILES string of the molecule is c1ccc(N(c2ccccc2)c2cc3c4c(c2)N(c2ccccc2)c2ccccc2B4c2cc4c(c(-c5cccc6c5sc5ccccc56)c2S3)[Se]c2cc(N(c3ccccc3)c3ccccc3)cc3c2B4c2ccccc2N3c2ccccc2)cc1. The Morgan fingerprint density at radius 1 is 0.345 bits per heavy atom. The summed E-state index contributed by atoms with van der Waals surface area (Å²) >= 11 is 3.76. The van der Waals surface area contributed by atoms with Crippen molar-refractivity contribution in [3.8, 4) is 11.1 Å². The van der Waals surface area contributed by atoms with Crippen LogP contribution in [-0.4, -0.2) is 28.4 Å². The van der Waals surface area contributed by atoms with Crippen LogP contribution in [0.3, 0.4) is 0 Å². The van der Waals surface area contributed by atoms with Crippen LogP contribution in [0.25, 0.3) is 31.3 Å². The summed E-state index contributed by atoms with van der Waals surface area (Å²) in [5.74, 6) is 0. The summed E-state index contributed by atoms with van der Waals surface area (Å²) in [6.45, 7) is -0.138. The molecule has 9 heteroatoms. The molecule has 87 heavy (non-hydrogen) atoms. The van der Waals surface area contributed by atoms with Gasteiger partial charge in [0.1, 0.15) is 0 Å². The number of hydrogen-bond acceptors (Lipinski definition) is 6. The fourth-order valence-corrected chi connectivity index (χ4v) is 19.8. The van der Waals surface area contributed by atoms with Gasteiger partial charge in [0.25, 0.3) is 0 Å². The van der Waals surface area contributed by atoms with Crippen LogP contribution in [0.15, 0.2) is 313 Å². The Labute approximate surface area is 521 Å². The van der Waals surface area contributed by atoms with Crippen molar-refractivity contribution in [2.24, 2.45) is 0 Å². The Hall–Kier alpha value is -9.72. The van der Waals surface area contributed by atoms with Gasteiger partial charge >= 0.3 is 525 Å². The second kappa shape index (κ2) is 20.5. The summed E-state index contributed by atoms with van der Waals surface area (Å²) in [7, 11) is 0. The molecule has 0 bridgehead atoms. The van der Waals surface area contributed by atoms with Gasteiger partial charge in [-0.15, -0.1) is 0 Å². The molecule has 0 spiro atoms.